The average Bonchev–Trinajstić information content (AvgIpc) is 2.41. The summed E-state index contributed by atoms with van der Waals surface area (Å²) >= 11 is 6.16. The second-order valence-electron chi connectivity index (χ2n) is 4.62. The molecular formula is C16H18ClNO. The van der Waals surface area contributed by atoms with Gasteiger partial charge in [0.05, 0.1) is 5.02 Å². The molecule has 19 heavy (non-hydrogen) atoms. The van der Waals surface area contributed by atoms with Crippen molar-refractivity contribution >= 4 is 11.6 Å². The Hall–Kier alpha value is -1.51. The van der Waals surface area contributed by atoms with Crippen LogP contribution in [0.5, 0.6) is 11.5 Å². The molecule has 100 valence electrons. The van der Waals surface area contributed by atoms with Crippen LogP contribution in [-0.4, -0.2) is 0 Å². The van der Waals surface area contributed by atoms with Gasteiger partial charge in [-0.3, -0.25) is 0 Å². The van der Waals surface area contributed by atoms with E-state index in [-0.39, 0.29) is 6.04 Å². The minimum Gasteiger partial charge on any atom is -0.456 e. The molecule has 0 aliphatic heterocycles. The molecule has 0 saturated carbocycles. The number of hydrogen-bond acceptors (Lipinski definition) is 2. The highest BCUT2D eigenvalue weighted by Crippen LogP contribution is 2.31. The lowest BCUT2D eigenvalue weighted by Crippen LogP contribution is -2.08. The lowest BCUT2D eigenvalue weighted by atomic mass is 10.1. The molecular weight excluding hydrogens is 258 g/mol. The third-order valence-electron chi connectivity index (χ3n) is 3.04. The zero-order chi connectivity index (χ0) is 13.8. The van der Waals surface area contributed by atoms with Crippen LogP contribution < -0.4 is 10.5 Å². The molecule has 3 heteroatoms. The third-order valence-corrected chi connectivity index (χ3v) is 3.34. The molecule has 0 aromatic heterocycles. The molecule has 0 aliphatic rings. The van der Waals surface area contributed by atoms with Gasteiger partial charge in [0.1, 0.15) is 11.5 Å². The Morgan fingerprint density at radius 2 is 2.00 bits per heavy atom. The van der Waals surface area contributed by atoms with Gasteiger partial charge < -0.3 is 10.5 Å². The van der Waals surface area contributed by atoms with Gasteiger partial charge in [-0.05, 0) is 48.7 Å². The molecule has 2 nitrogen and oxygen atoms in total. The molecule has 0 bridgehead atoms. The van der Waals surface area contributed by atoms with Gasteiger partial charge in [0, 0.05) is 6.04 Å². The van der Waals surface area contributed by atoms with Gasteiger partial charge in [-0.2, -0.15) is 0 Å². The highest BCUT2D eigenvalue weighted by molar-refractivity contribution is 6.32. The van der Waals surface area contributed by atoms with Crippen molar-refractivity contribution in [2.45, 2.75) is 26.3 Å². The van der Waals surface area contributed by atoms with E-state index in [1.54, 1.807) is 0 Å². The Bertz CT molecular complexity index is 568. The number of aryl methyl sites for hydroxylation is 1. The zero-order valence-corrected chi connectivity index (χ0v) is 11.9. The van der Waals surface area contributed by atoms with Gasteiger partial charge in [-0.1, -0.05) is 36.7 Å². The van der Waals surface area contributed by atoms with Gasteiger partial charge in [0.15, 0.2) is 0 Å². The predicted molar refractivity (Wildman–Crippen MR) is 79.9 cm³/mol. The largest absolute Gasteiger partial charge is 0.456 e. The Morgan fingerprint density at radius 1 is 1.21 bits per heavy atom. The van der Waals surface area contributed by atoms with Crippen LogP contribution >= 0.6 is 11.6 Å². The van der Waals surface area contributed by atoms with Gasteiger partial charge in [0.2, 0.25) is 0 Å². The Labute approximate surface area is 119 Å². The lowest BCUT2D eigenvalue weighted by Gasteiger charge is -2.12. The molecule has 2 N–H and O–H groups in total. The summed E-state index contributed by atoms with van der Waals surface area (Å²) in [5.74, 6) is 1.42. The van der Waals surface area contributed by atoms with Crippen molar-refractivity contribution in [2.75, 3.05) is 0 Å². The summed E-state index contributed by atoms with van der Waals surface area (Å²) in [6.45, 7) is 4.06. The molecule has 0 spiro atoms. The van der Waals surface area contributed by atoms with Crippen molar-refractivity contribution in [1.29, 1.82) is 0 Å². The van der Waals surface area contributed by atoms with Gasteiger partial charge in [-0.25, -0.2) is 0 Å². The minimum absolute atomic E-state index is 0.0389. The highest BCUT2D eigenvalue weighted by atomic mass is 35.5. The number of hydrogen-bond donors (Lipinski definition) is 1. The van der Waals surface area contributed by atoms with E-state index in [1.165, 1.54) is 0 Å². The molecule has 0 heterocycles. The van der Waals surface area contributed by atoms with Crippen molar-refractivity contribution < 1.29 is 4.74 Å². The van der Waals surface area contributed by atoms with Gasteiger partial charge in [0.25, 0.3) is 0 Å². The first-order valence-corrected chi connectivity index (χ1v) is 6.77. The van der Waals surface area contributed by atoms with Crippen molar-refractivity contribution in [3.63, 3.8) is 0 Å². The summed E-state index contributed by atoms with van der Waals surface area (Å²) in [7, 11) is 0. The number of ether oxygens (including phenoxy) is 1. The number of benzene rings is 2. The second-order valence-corrected chi connectivity index (χ2v) is 5.03. The first kappa shape index (κ1) is 13.9. The van der Waals surface area contributed by atoms with E-state index < -0.39 is 0 Å². The van der Waals surface area contributed by atoms with Crippen LogP contribution in [0.1, 0.15) is 30.5 Å². The smallest absolute Gasteiger partial charge is 0.146 e. The highest BCUT2D eigenvalue weighted by Gasteiger charge is 2.07. The van der Waals surface area contributed by atoms with Gasteiger partial charge in [-0.15, -0.1) is 0 Å². The zero-order valence-electron chi connectivity index (χ0n) is 11.2. The predicted octanol–water partition coefficient (Wildman–Crippen LogP) is 4.85. The quantitative estimate of drug-likeness (QED) is 0.866. The standard InChI is InChI=1S/C16H18ClNO/c1-3-15(18)12-5-4-6-13(10-12)19-16-8-7-11(2)9-14(16)17/h4-10,15H,3,18H2,1-2H3. The summed E-state index contributed by atoms with van der Waals surface area (Å²) < 4.78 is 5.81. The third kappa shape index (κ3) is 3.49. The maximum Gasteiger partial charge on any atom is 0.146 e. The van der Waals surface area contributed by atoms with Crippen molar-refractivity contribution in [3.8, 4) is 11.5 Å². The van der Waals surface area contributed by atoms with E-state index >= 15 is 0 Å². The summed E-state index contributed by atoms with van der Waals surface area (Å²) in [6, 6.07) is 13.6. The van der Waals surface area contributed by atoms with Crippen LogP contribution in [-0.2, 0) is 0 Å². The molecule has 2 aromatic rings. The summed E-state index contributed by atoms with van der Waals surface area (Å²) in [5, 5.41) is 0.616. The van der Waals surface area contributed by atoms with Crippen molar-refractivity contribution in [1.82, 2.24) is 0 Å². The van der Waals surface area contributed by atoms with E-state index in [9.17, 15) is 0 Å². The summed E-state index contributed by atoms with van der Waals surface area (Å²) in [5.41, 5.74) is 8.21. The van der Waals surface area contributed by atoms with Crippen LogP contribution in [0, 0.1) is 6.92 Å². The summed E-state index contributed by atoms with van der Waals surface area (Å²) in [6.07, 6.45) is 0.898. The van der Waals surface area contributed by atoms with E-state index in [0.29, 0.717) is 10.8 Å². The van der Waals surface area contributed by atoms with Crippen LogP contribution in [0.15, 0.2) is 42.5 Å². The van der Waals surface area contributed by atoms with Crippen LogP contribution in [0.4, 0.5) is 0 Å². The fourth-order valence-electron chi connectivity index (χ4n) is 1.86. The molecule has 2 rings (SSSR count). The molecule has 2 aromatic carbocycles. The normalized spacial score (nSPS) is 12.2. The van der Waals surface area contributed by atoms with E-state index in [1.807, 2.05) is 49.4 Å². The van der Waals surface area contributed by atoms with Crippen molar-refractivity contribution in [3.05, 3.63) is 58.6 Å². The van der Waals surface area contributed by atoms with Gasteiger partial charge >= 0.3 is 0 Å². The lowest BCUT2D eigenvalue weighted by molar-refractivity contribution is 0.481. The molecule has 0 radical (unpaired) electrons. The van der Waals surface area contributed by atoms with Crippen LogP contribution in [0.25, 0.3) is 0 Å². The number of halogens is 1. The number of rotatable bonds is 4. The van der Waals surface area contributed by atoms with E-state index in [4.69, 9.17) is 22.1 Å². The molecule has 1 atom stereocenters. The summed E-state index contributed by atoms with van der Waals surface area (Å²) in [4.78, 5) is 0. The Kier molecular flexibility index (Phi) is 4.46. The second kappa shape index (κ2) is 6.09. The monoisotopic (exact) mass is 275 g/mol. The van der Waals surface area contributed by atoms with Crippen LogP contribution in [0.2, 0.25) is 5.02 Å². The minimum atomic E-state index is 0.0389. The fourth-order valence-corrected chi connectivity index (χ4v) is 2.13. The average molecular weight is 276 g/mol. The molecule has 0 aliphatic carbocycles. The number of nitrogens with two attached hydrogens (primary N) is 1. The molecule has 0 amide bonds. The molecule has 0 fully saturated rings. The maximum atomic E-state index is 6.16. The SMILES string of the molecule is CCC(N)c1cccc(Oc2ccc(C)cc2Cl)c1. The van der Waals surface area contributed by atoms with Crippen molar-refractivity contribution in [2.24, 2.45) is 5.73 Å². The maximum absolute atomic E-state index is 6.16. The molecule has 1 unspecified atom stereocenters. The Balaban J connectivity index is 2.23. The van der Waals surface area contributed by atoms with E-state index in [2.05, 4.69) is 6.92 Å². The Morgan fingerprint density at radius 3 is 2.68 bits per heavy atom. The molecule has 0 saturated heterocycles. The van der Waals surface area contributed by atoms with E-state index in [0.717, 1.165) is 23.3 Å². The topological polar surface area (TPSA) is 35.2 Å². The fraction of sp³-hybridized carbons (Fsp3) is 0.250. The van der Waals surface area contributed by atoms with Crippen LogP contribution in [0.3, 0.4) is 0 Å². The first-order chi connectivity index (χ1) is 9.10. The first-order valence-electron chi connectivity index (χ1n) is 6.39.